The molecule has 1 aromatic carbocycles. The van der Waals surface area contributed by atoms with E-state index in [1.165, 1.54) is 18.1 Å². The van der Waals surface area contributed by atoms with E-state index < -0.39 is 6.09 Å². The summed E-state index contributed by atoms with van der Waals surface area (Å²) >= 11 is 0. The Kier molecular flexibility index (Phi) is 5.71. The monoisotopic (exact) mass is 366 g/mol. The van der Waals surface area contributed by atoms with Crippen LogP contribution in [0.5, 0.6) is 0 Å². The molecule has 3 rings (SSSR count). The molecule has 2 aromatic heterocycles. The number of amides is 2. The lowest BCUT2D eigenvalue weighted by Crippen LogP contribution is -2.26. The van der Waals surface area contributed by atoms with Crippen LogP contribution in [0.25, 0.3) is 10.9 Å². The second-order valence-corrected chi connectivity index (χ2v) is 6.16. The highest BCUT2D eigenvalue weighted by Crippen LogP contribution is 2.21. The number of carbonyl (C=O) groups is 2. The molecule has 0 aliphatic carbocycles. The van der Waals surface area contributed by atoms with Crippen molar-refractivity contribution < 1.29 is 14.3 Å². The number of carbonyl (C=O) groups excluding carboxylic acids is 2. The number of alkyl carbamates (subject to hydrolysis) is 1. The number of benzene rings is 1. The average Bonchev–Trinajstić information content (AvgIpc) is 3.01. The maximum absolute atomic E-state index is 12.4. The van der Waals surface area contributed by atoms with Gasteiger partial charge in [-0.2, -0.15) is 0 Å². The summed E-state index contributed by atoms with van der Waals surface area (Å²) < 4.78 is 4.52. The van der Waals surface area contributed by atoms with Crippen molar-refractivity contribution in [3.05, 3.63) is 65.1 Å². The van der Waals surface area contributed by atoms with E-state index in [1.54, 1.807) is 18.3 Å². The van der Waals surface area contributed by atoms with Gasteiger partial charge in [0, 0.05) is 34.9 Å². The zero-order valence-electron chi connectivity index (χ0n) is 15.3. The van der Waals surface area contributed by atoms with Crippen molar-refractivity contribution in [2.45, 2.75) is 19.9 Å². The Morgan fingerprint density at radius 2 is 2.00 bits per heavy atom. The molecule has 2 amide bonds. The third-order valence-electron chi connectivity index (χ3n) is 4.37. The minimum Gasteiger partial charge on any atom is -0.453 e. The molecule has 0 bridgehead atoms. The summed E-state index contributed by atoms with van der Waals surface area (Å²) in [5.41, 5.74) is 4.52. The Balaban J connectivity index is 1.59. The number of para-hydroxylation sites is 1. The van der Waals surface area contributed by atoms with E-state index >= 15 is 0 Å². The summed E-state index contributed by atoms with van der Waals surface area (Å²) in [5.74, 6) is -0.172. The molecule has 0 aliphatic rings. The van der Waals surface area contributed by atoms with E-state index in [2.05, 4.69) is 31.4 Å². The number of fused-ring (bicyclic) bond motifs is 1. The second kappa shape index (κ2) is 8.35. The van der Waals surface area contributed by atoms with Crippen LogP contribution in [0.2, 0.25) is 0 Å². The molecule has 7 nitrogen and oxygen atoms in total. The number of rotatable bonds is 6. The lowest BCUT2D eigenvalue weighted by atomic mass is 10.1. The van der Waals surface area contributed by atoms with Gasteiger partial charge in [0.1, 0.15) is 0 Å². The van der Waals surface area contributed by atoms with Gasteiger partial charge in [-0.05, 0) is 37.1 Å². The van der Waals surface area contributed by atoms with Crippen LogP contribution in [-0.4, -0.2) is 35.6 Å². The first-order chi connectivity index (χ1) is 13.1. The summed E-state index contributed by atoms with van der Waals surface area (Å²) in [6.45, 7) is 2.77. The summed E-state index contributed by atoms with van der Waals surface area (Å²) in [6, 6.07) is 11.4. The van der Waals surface area contributed by atoms with Gasteiger partial charge in [-0.25, -0.2) is 4.79 Å². The van der Waals surface area contributed by atoms with Crippen molar-refractivity contribution in [1.29, 1.82) is 0 Å². The van der Waals surface area contributed by atoms with Crippen LogP contribution in [0.15, 0.2) is 42.6 Å². The Bertz CT molecular complexity index is 965. The van der Waals surface area contributed by atoms with Crippen LogP contribution in [-0.2, 0) is 17.7 Å². The minimum atomic E-state index is -0.541. The number of ether oxygens (including phenoxy) is 1. The zero-order chi connectivity index (χ0) is 19.2. The van der Waals surface area contributed by atoms with E-state index in [9.17, 15) is 9.59 Å². The predicted molar refractivity (Wildman–Crippen MR) is 103 cm³/mol. The number of aromatic amines is 1. The van der Waals surface area contributed by atoms with Crippen LogP contribution in [0.3, 0.4) is 0 Å². The summed E-state index contributed by atoms with van der Waals surface area (Å²) in [5, 5.41) is 6.67. The van der Waals surface area contributed by atoms with Crippen molar-refractivity contribution >= 4 is 22.9 Å². The molecule has 0 saturated heterocycles. The maximum atomic E-state index is 12.4. The Morgan fingerprint density at radius 1 is 1.19 bits per heavy atom. The fourth-order valence-corrected chi connectivity index (χ4v) is 3.01. The fourth-order valence-electron chi connectivity index (χ4n) is 3.01. The number of hydrogen-bond donors (Lipinski definition) is 3. The molecule has 7 heteroatoms. The minimum absolute atomic E-state index is 0.172. The smallest absolute Gasteiger partial charge is 0.407 e. The lowest BCUT2D eigenvalue weighted by Gasteiger charge is -2.08. The van der Waals surface area contributed by atoms with Crippen LogP contribution >= 0.6 is 0 Å². The van der Waals surface area contributed by atoms with E-state index in [4.69, 9.17) is 0 Å². The molecule has 0 saturated carbocycles. The third kappa shape index (κ3) is 4.44. The SMILES string of the molecule is COC(=O)NCc1cc(C(=O)NCCc2c(C)[nH]c3ccccc23)ccn1. The molecule has 2 heterocycles. The highest BCUT2D eigenvalue weighted by molar-refractivity contribution is 5.94. The molecule has 140 valence electrons. The Morgan fingerprint density at radius 3 is 2.81 bits per heavy atom. The molecule has 0 unspecified atom stereocenters. The van der Waals surface area contributed by atoms with Gasteiger partial charge in [0.25, 0.3) is 5.91 Å². The molecule has 0 radical (unpaired) electrons. The van der Waals surface area contributed by atoms with E-state index in [1.807, 2.05) is 25.1 Å². The molecular formula is C20H22N4O3. The molecule has 0 fully saturated rings. The predicted octanol–water partition coefficient (Wildman–Crippen LogP) is 2.70. The molecule has 27 heavy (non-hydrogen) atoms. The molecule has 3 N–H and O–H groups in total. The Labute approximate surface area is 157 Å². The fraction of sp³-hybridized carbons (Fsp3) is 0.250. The number of nitrogens with zero attached hydrogens (tertiary/aromatic N) is 1. The zero-order valence-corrected chi connectivity index (χ0v) is 15.3. The van der Waals surface area contributed by atoms with Gasteiger partial charge >= 0.3 is 6.09 Å². The number of methoxy groups -OCH3 is 1. The van der Waals surface area contributed by atoms with E-state index in [0.717, 1.165) is 17.6 Å². The van der Waals surface area contributed by atoms with Gasteiger partial charge < -0.3 is 20.4 Å². The highest BCUT2D eigenvalue weighted by atomic mass is 16.5. The van der Waals surface area contributed by atoms with Crippen LogP contribution in [0, 0.1) is 6.92 Å². The van der Waals surface area contributed by atoms with Crippen molar-refractivity contribution in [2.75, 3.05) is 13.7 Å². The number of nitrogens with one attached hydrogen (secondary N) is 3. The molecular weight excluding hydrogens is 344 g/mol. The number of aryl methyl sites for hydroxylation is 1. The van der Waals surface area contributed by atoms with Gasteiger partial charge in [-0.15, -0.1) is 0 Å². The topological polar surface area (TPSA) is 96.1 Å². The first-order valence-electron chi connectivity index (χ1n) is 8.69. The average molecular weight is 366 g/mol. The molecule has 0 spiro atoms. The van der Waals surface area contributed by atoms with Crippen molar-refractivity contribution in [1.82, 2.24) is 20.6 Å². The number of aromatic nitrogens is 2. The van der Waals surface area contributed by atoms with Gasteiger partial charge in [0.2, 0.25) is 0 Å². The molecule has 0 aliphatic heterocycles. The molecule has 0 atom stereocenters. The van der Waals surface area contributed by atoms with Gasteiger partial charge in [-0.3, -0.25) is 9.78 Å². The lowest BCUT2D eigenvalue weighted by molar-refractivity contribution is 0.0954. The maximum Gasteiger partial charge on any atom is 0.407 e. The van der Waals surface area contributed by atoms with Crippen LogP contribution in [0.4, 0.5) is 4.79 Å². The van der Waals surface area contributed by atoms with Crippen LogP contribution in [0.1, 0.15) is 27.3 Å². The van der Waals surface area contributed by atoms with E-state index in [0.29, 0.717) is 17.8 Å². The third-order valence-corrected chi connectivity index (χ3v) is 4.37. The number of H-pyrrole nitrogens is 1. The number of pyridine rings is 1. The standard InChI is InChI=1S/C20H22N4O3/c1-13-16(17-5-3-4-6-18(17)24-13)8-10-22-19(25)14-7-9-21-15(11-14)12-23-20(26)27-2/h3-7,9,11,24H,8,10,12H2,1-2H3,(H,22,25)(H,23,26). The van der Waals surface area contributed by atoms with Gasteiger partial charge in [-0.1, -0.05) is 18.2 Å². The second-order valence-electron chi connectivity index (χ2n) is 6.16. The summed E-state index contributed by atoms with van der Waals surface area (Å²) in [7, 11) is 1.29. The van der Waals surface area contributed by atoms with Crippen LogP contribution < -0.4 is 10.6 Å². The van der Waals surface area contributed by atoms with Crippen molar-refractivity contribution in [2.24, 2.45) is 0 Å². The molecule has 3 aromatic rings. The summed E-state index contributed by atoms with van der Waals surface area (Å²) in [6.07, 6.45) is 1.75. The first kappa shape index (κ1) is 18.4. The highest BCUT2D eigenvalue weighted by Gasteiger charge is 2.10. The Hall–Kier alpha value is -3.35. The first-order valence-corrected chi connectivity index (χ1v) is 8.69. The van der Waals surface area contributed by atoms with Crippen molar-refractivity contribution in [3.8, 4) is 0 Å². The quantitative estimate of drug-likeness (QED) is 0.625. The largest absolute Gasteiger partial charge is 0.453 e. The van der Waals surface area contributed by atoms with Gasteiger partial charge in [0.15, 0.2) is 0 Å². The van der Waals surface area contributed by atoms with E-state index in [-0.39, 0.29) is 12.5 Å². The summed E-state index contributed by atoms with van der Waals surface area (Å²) in [4.78, 5) is 31.1. The van der Waals surface area contributed by atoms with Gasteiger partial charge in [0.05, 0.1) is 19.3 Å². The van der Waals surface area contributed by atoms with Crippen molar-refractivity contribution in [3.63, 3.8) is 0 Å². The number of hydrogen-bond acceptors (Lipinski definition) is 4. The normalized spacial score (nSPS) is 10.6.